The zero-order valence-electron chi connectivity index (χ0n) is 26.4. The maximum atomic E-state index is 4.74. The van der Waals surface area contributed by atoms with Crippen molar-refractivity contribution in [3.8, 4) is 0 Å². The van der Waals surface area contributed by atoms with Gasteiger partial charge in [0.05, 0.1) is 10.7 Å². The smallest absolute Gasteiger partial charge is 0.0603 e. The standard InChI is InChI=1S/C36H62N4/c1-3-5-7-9-15-19-27-37-35-23-31-39(32-24-35)29-21-17-13-11-12-14-18-22-30-40-33-25-36(26-34-40)38-28-20-16-10-8-6-4-2/h23-26,31-34H,3-22,27-30H2,1-2H3. The molecule has 2 rings (SSSR count). The van der Waals surface area contributed by atoms with Crippen LogP contribution in [-0.2, 0) is 13.1 Å². The molecule has 0 unspecified atom stereocenters. The van der Waals surface area contributed by atoms with E-state index < -0.39 is 0 Å². The number of unbranched alkanes of at least 4 members (excludes halogenated alkanes) is 17. The Kier molecular flexibility index (Phi) is 21.0. The summed E-state index contributed by atoms with van der Waals surface area (Å²) in [5, 5.41) is 2.27. The van der Waals surface area contributed by atoms with Gasteiger partial charge in [0.1, 0.15) is 0 Å². The lowest BCUT2D eigenvalue weighted by Gasteiger charge is -2.07. The second-order valence-electron chi connectivity index (χ2n) is 11.7. The van der Waals surface area contributed by atoms with E-state index in [4.69, 9.17) is 9.98 Å². The van der Waals surface area contributed by atoms with E-state index in [2.05, 4.69) is 72.0 Å². The zero-order valence-corrected chi connectivity index (χ0v) is 26.4. The van der Waals surface area contributed by atoms with E-state index in [9.17, 15) is 0 Å². The number of hydrogen-bond acceptors (Lipinski definition) is 2. The van der Waals surface area contributed by atoms with Crippen LogP contribution in [0.15, 0.2) is 59.0 Å². The molecule has 0 spiro atoms. The Bertz CT molecular complexity index is 851. The number of hydrogen-bond donors (Lipinski definition) is 0. The Morgan fingerprint density at radius 3 is 1.05 bits per heavy atom. The Labute approximate surface area is 247 Å². The molecule has 226 valence electrons. The van der Waals surface area contributed by atoms with Crippen LogP contribution in [0.2, 0.25) is 0 Å². The first-order chi connectivity index (χ1) is 19.8. The number of rotatable bonds is 25. The Balaban J connectivity index is 1.42. The summed E-state index contributed by atoms with van der Waals surface area (Å²) in [6.07, 6.45) is 35.5. The zero-order chi connectivity index (χ0) is 28.4. The van der Waals surface area contributed by atoms with Crippen molar-refractivity contribution in [1.29, 1.82) is 0 Å². The van der Waals surface area contributed by atoms with E-state index in [1.54, 1.807) is 0 Å². The van der Waals surface area contributed by atoms with Gasteiger partial charge in [-0.15, -0.1) is 0 Å². The van der Waals surface area contributed by atoms with Gasteiger partial charge in [-0.05, 0) is 49.9 Å². The van der Waals surface area contributed by atoms with Gasteiger partial charge < -0.3 is 9.13 Å². The van der Waals surface area contributed by atoms with Gasteiger partial charge >= 0.3 is 0 Å². The summed E-state index contributed by atoms with van der Waals surface area (Å²) in [6.45, 7) is 8.74. The van der Waals surface area contributed by atoms with Crippen LogP contribution >= 0.6 is 0 Å². The molecular formula is C36H62N4. The van der Waals surface area contributed by atoms with Crippen LogP contribution in [0.3, 0.4) is 0 Å². The molecule has 0 aliphatic rings. The topological polar surface area (TPSA) is 34.6 Å². The SMILES string of the molecule is CCCCCCCCN=c1ccn(CCCCCCCCCCn2ccc(=NCCCCCCCC)cc2)cc1. The van der Waals surface area contributed by atoms with Gasteiger partial charge in [-0.1, -0.05) is 117 Å². The Hall–Kier alpha value is -2.10. The van der Waals surface area contributed by atoms with Gasteiger partial charge in [-0.2, -0.15) is 0 Å². The molecule has 2 aromatic rings. The third-order valence-electron chi connectivity index (χ3n) is 7.94. The molecule has 0 saturated carbocycles. The van der Waals surface area contributed by atoms with E-state index in [-0.39, 0.29) is 0 Å². The Morgan fingerprint density at radius 2 is 0.700 bits per heavy atom. The molecular weight excluding hydrogens is 488 g/mol. The lowest BCUT2D eigenvalue weighted by molar-refractivity contribution is 0.524. The first-order valence-corrected chi connectivity index (χ1v) is 17.1. The number of aromatic nitrogens is 2. The molecule has 0 N–H and O–H groups in total. The van der Waals surface area contributed by atoms with Crippen molar-refractivity contribution in [2.24, 2.45) is 9.98 Å². The first-order valence-electron chi connectivity index (χ1n) is 17.1. The molecule has 0 aliphatic heterocycles. The highest BCUT2D eigenvalue weighted by Gasteiger charge is 1.96. The van der Waals surface area contributed by atoms with E-state index in [0.717, 1.165) is 36.9 Å². The van der Waals surface area contributed by atoms with Crippen molar-refractivity contribution in [3.63, 3.8) is 0 Å². The van der Waals surface area contributed by atoms with Crippen molar-refractivity contribution in [3.05, 3.63) is 59.8 Å². The van der Waals surface area contributed by atoms with Crippen LogP contribution in [0.25, 0.3) is 0 Å². The van der Waals surface area contributed by atoms with E-state index in [1.165, 1.54) is 128 Å². The van der Waals surface area contributed by atoms with Gasteiger partial charge in [0, 0.05) is 51.0 Å². The van der Waals surface area contributed by atoms with Crippen LogP contribution in [0.5, 0.6) is 0 Å². The first kappa shape index (κ1) is 34.1. The molecule has 0 atom stereocenters. The van der Waals surface area contributed by atoms with Crippen molar-refractivity contribution < 1.29 is 0 Å². The lowest BCUT2D eigenvalue weighted by atomic mass is 10.1. The highest BCUT2D eigenvalue weighted by molar-refractivity contribution is 4.94. The minimum atomic E-state index is 0.970. The molecule has 2 aromatic heterocycles. The molecule has 0 fully saturated rings. The molecule has 0 aliphatic carbocycles. The predicted molar refractivity (Wildman–Crippen MR) is 173 cm³/mol. The van der Waals surface area contributed by atoms with Gasteiger partial charge in [0.2, 0.25) is 0 Å². The molecule has 0 saturated heterocycles. The summed E-state index contributed by atoms with van der Waals surface area (Å²) < 4.78 is 4.63. The number of pyridine rings is 2. The average Bonchev–Trinajstić information content (AvgIpc) is 2.98. The molecule has 0 radical (unpaired) electrons. The average molecular weight is 551 g/mol. The van der Waals surface area contributed by atoms with E-state index in [1.807, 2.05) is 0 Å². The monoisotopic (exact) mass is 550 g/mol. The fourth-order valence-corrected chi connectivity index (χ4v) is 5.26. The van der Waals surface area contributed by atoms with E-state index >= 15 is 0 Å². The quantitative estimate of drug-likeness (QED) is 0.110. The fraction of sp³-hybridized carbons (Fsp3) is 0.722. The fourth-order valence-electron chi connectivity index (χ4n) is 5.26. The molecule has 4 heteroatoms. The molecule has 40 heavy (non-hydrogen) atoms. The molecule has 0 aromatic carbocycles. The van der Waals surface area contributed by atoms with Crippen molar-refractivity contribution >= 4 is 0 Å². The van der Waals surface area contributed by atoms with Gasteiger partial charge in [-0.25, -0.2) is 0 Å². The predicted octanol–water partition coefficient (Wildman–Crippen LogP) is 9.63. The lowest BCUT2D eigenvalue weighted by Crippen LogP contribution is -2.06. The van der Waals surface area contributed by atoms with Crippen LogP contribution in [0.1, 0.15) is 142 Å². The summed E-state index contributed by atoms with van der Waals surface area (Å²) in [5.41, 5.74) is 0. The van der Waals surface area contributed by atoms with Gasteiger partial charge in [0.25, 0.3) is 0 Å². The Morgan fingerprint density at radius 1 is 0.400 bits per heavy atom. The largest absolute Gasteiger partial charge is 0.354 e. The summed E-state index contributed by atoms with van der Waals surface area (Å²) in [4.78, 5) is 9.48. The molecule has 0 amide bonds. The maximum Gasteiger partial charge on any atom is 0.0603 e. The van der Waals surface area contributed by atoms with Crippen LogP contribution < -0.4 is 10.7 Å². The molecule has 0 bridgehead atoms. The van der Waals surface area contributed by atoms with Crippen LogP contribution in [-0.4, -0.2) is 22.2 Å². The summed E-state index contributed by atoms with van der Waals surface area (Å²) in [6, 6.07) is 8.71. The minimum Gasteiger partial charge on any atom is -0.354 e. The summed E-state index contributed by atoms with van der Waals surface area (Å²) >= 11 is 0. The summed E-state index contributed by atoms with van der Waals surface area (Å²) in [5.74, 6) is 0. The van der Waals surface area contributed by atoms with Gasteiger partial charge in [0.15, 0.2) is 0 Å². The number of nitrogens with zero attached hydrogens (tertiary/aromatic N) is 4. The normalized spacial score (nSPS) is 11.2. The molecule has 2 heterocycles. The van der Waals surface area contributed by atoms with Crippen LogP contribution in [0, 0.1) is 0 Å². The minimum absolute atomic E-state index is 0.970. The maximum absolute atomic E-state index is 4.74. The second-order valence-corrected chi connectivity index (χ2v) is 11.7. The van der Waals surface area contributed by atoms with E-state index in [0.29, 0.717) is 0 Å². The molecule has 4 nitrogen and oxygen atoms in total. The second kappa shape index (κ2) is 24.7. The van der Waals surface area contributed by atoms with Crippen LogP contribution in [0.4, 0.5) is 0 Å². The highest BCUT2D eigenvalue weighted by atomic mass is 14.9. The highest BCUT2D eigenvalue weighted by Crippen LogP contribution is 2.10. The number of aryl methyl sites for hydroxylation is 2. The van der Waals surface area contributed by atoms with Crippen molar-refractivity contribution in [1.82, 2.24) is 9.13 Å². The van der Waals surface area contributed by atoms with Crippen molar-refractivity contribution in [2.75, 3.05) is 13.1 Å². The van der Waals surface area contributed by atoms with Crippen molar-refractivity contribution in [2.45, 2.75) is 155 Å². The third-order valence-corrected chi connectivity index (χ3v) is 7.94. The summed E-state index contributed by atoms with van der Waals surface area (Å²) in [7, 11) is 0. The van der Waals surface area contributed by atoms with Gasteiger partial charge in [-0.3, -0.25) is 9.98 Å². The third kappa shape index (κ3) is 18.3.